The Kier molecular flexibility index (Phi) is 7.47. The average molecular weight is 450 g/mol. The van der Waals surface area contributed by atoms with E-state index in [0.717, 1.165) is 25.7 Å². The minimum absolute atomic E-state index is 0.0514. The van der Waals surface area contributed by atoms with E-state index in [9.17, 15) is 9.59 Å². The van der Waals surface area contributed by atoms with E-state index in [0.29, 0.717) is 27.0 Å². The number of carbonyl (C=O) groups is 2. The van der Waals surface area contributed by atoms with Crippen molar-refractivity contribution in [2.75, 3.05) is 10.6 Å². The summed E-state index contributed by atoms with van der Waals surface area (Å²) in [6.07, 6.45) is 5.28. The molecule has 152 valence electrons. The number of hydrogen-bond donors (Lipinski definition) is 3. The molecule has 29 heavy (non-hydrogen) atoms. The van der Waals surface area contributed by atoms with Crippen molar-refractivity contribution in [1.82, 2.24) is 5.32 Å². The van der Waals surface area contributed by atoms with Crippen LogP contribution in [0.15, 0.2) is 42.5 Å². The molecule has 0 aromatic heterocycles. The first-order valence-corrected chi connectivity index (χ1v) is 10.6. The molecule has 0 aliphatic heterocycles. The first kappa shape index (κ1) is 21.6. The minimum atomic E-state index is -0.423. The monoisotopic (exact) mass is 449 g/mol. The van der Waals surface area contributed by atoms with Crippen molar-refractivity contribution >= 4 is 63.7 Å². The number of halogens is 2. The molecule has 2 aromatic rings. The van der Waals surface area contributed by atoms with Crippen molar-refractivity contribution < 1.29 is 9.59 Å². The fraction of sp³-hybridized carbons (Fsp3) is 0.286. The fourth-order valence-electron chi connectivity index (χ4n) is 3.31. The molecule has 0 atom stereocenters. The molecule has 0 bridgehead atoms. The van der Waals surface area contributed by atoms with Gasteiger partial charge in [0.05, 0.1) is 0 Å². The van der Waals surface area contributed by atoms with Gasteiger partial charge in [0.1, 0.15) is 0 Å². The van der Waals surface area contributed by atoms with Crippen LogP contribution in [-0.4, -0.2) is 16.9 Å². The largest absolute Gasteiger partial charge is 0.332 e. The summed E-state index contributed by atoms with van der Waals surface area (Å²) >= 11 is 17.1. The maximum absolute atomic E-state index is 12.4. The van der Waals surface area contributed by atoms with Crippen molar-refractivity contribution in [3.8, 4) is 0 Å². The highest BCUT2D eigenvalue weighted by Crippen LogP contribution is 2.25. The van der Waals surface area contributed by atoms with E-state index in [1.165, 1.54) is 18.6 Å². The van der Waals surface area contributed by atoms with Gasteiger partial charge in [-0.05, 0) is 61.5 Å². The second kappa shape index (κ2) is 10.1. The van der Waals surface area contributed by atoms with Gasteiger partial charge < -0.3 is 10.6 Å². The molecule has 3 rings (SSSR count). The molecule has 1 fully saturated rings. The predicted molar refractivity (Wildman–Crippen MR) is 122 cm³/mol. The van der Waals surface area contributed by atoms with Gasteiger partial charge in [0, 0.05) is 32.9 Å². The lowest BCUT2D eigenvalue weighted by atomic mass is 9.88. The zero-order chi connectivity index (χ0) is 20.8. The maximum atomic E-state index is 12.4. The van der Waals surface area contributed by atoms with Crippen LogP contribution in [-0.2, 0) is 4.79 Å². The van der Waals surface area contributed by atoms with Gasteiger partial charge >= 0.3 is 0 Å². The Labute approximate surface area is 185 Å². The summed E-state index contributed by atoms with van der Waals surface area (Å²) in [6.45, 7) is 0. The van der Waals surface area contributed by atoms with E-state index in [1.54, 1.807) is 24.3 Å². The van der Waals surface area contributed by atoms with Crippen molar-refractivity contribution in [3.63, 3.8) is 0 Å². The van der Waals surface area contributed by atoms with Gasteiger partial charge in [-0.2, -0.15) is 0 Å². The Balaban J connectivity index is 1.58. The Morgan fingerprint density at radius 2 is 1.52 bits per heavy atom. The van der Waals surface area contributed by atoms with E-state index in [4.69, 9.17) is 35.4 Å². The maximum Gasteiger partial charge on any atom is 0.257 e. The Morgan fingerprint density at radius 1 is 0.897 bits per heavy atom. The number of carbonyl (C=O) groups excluding carboxylic acids is 2. The minimum Gasteiger partial charge on any atom is -0.332 e. The lowest BCUT2D eigenvalue weighted by Crippen LogP contribution is -2.34. The van der Waals surface area contributed by atoms with E-state index < -0.39 is 5.91 Å². The molecule has 1 aliphatic carbocycles. The van der Waals surface area contributed by atoms with Crippen LogP contribution in [0, 0.1) is 5.92 Å². The van der Waals surface area contributed by atoms with Crippen LogP contribution in [0.25, 0.3) is 0 Å². The first-order valence-electron chi connectivity index (χ1n) is 9.40. The summed E-state index contributed by atoms with van der Waals surface area (Å²) in [6, 6.07) is 11.8. The number of rotatable bonds is 4. The van der Waals surface area contributed by atoms with E-state index in [1.807, 2.05) is 6.07 Å². The Bertz CT molecular complexity index is 910. The van der Waals surface area contributed by atoms with Crippen LogP contribution in [0.1, 0.15) is 42.5 Å². The average Bonchev–Trinajstić information content (AvgIpc) is 2.68. The molecular weight excluding hydrogens is 429 g/mol. The number of anilines is 2. The van der Waals surface area contributed by atoms with Gasteiger partial charge in [-0.1, -0.05) is 48.5 Å². The fourth-order valence-corrected chi connectivity index (χ4v) is 4.04. The normalized spacial score (nSPS) is 14.1. The van der Waals surface area contributed by atoms with Crippen molar-refractivity contribution in [2.24, 2.45) is 5.92 Å². The molecule has 5 nitrogen and oxygen atoms in total. The van der Waals surface area contributed by atoms with Crippen molar-refractivity contribution in [3.05, 3.63) is 58.1 Å². The summed E-state index contributed by atoms with van der Waals surface area (Å²) in [4.78, 5) is 24.7. The molecule has 0 heterocycles. The van der Waals surface area contributed by atoms with Crippen LogP contribution < -0.4 is 16.0 Å². The summed E-state index contributed by atoms with van der Waals surface area (Å²) < 4.78 is 0. The third kappa shape index (κ3) is 6.42. The molecule has 2 aromatic carbocycles. The van der Waals surface area contributed by atoms with Crippen LogP contribution in [0.2, 0.25) is 10.0 Å². The highest BCUT2D eigenvalue weighted by atomic mass is 35.5. The van der Waals surface area contributed by atoms with Gasteiger partial charge in [0.15, 0.2) is 5.11 Å². The molecule has 8 heteroatoms. The number of thiocarbonyl (C=S) groups is 1. The van der Waals surface area contributed by atoms with Gasteiger partial charge in [0.2, 0.25) is 5.91 Å². The second-order valence-corrected chi connectivity index (χ2v) is 8.25. The summed E-state index contributed by atoms with van der Waals surface area (Å²) in [5.74, 6) is -0.297. The number of benzene rings is 2. The first-order chi connectivity index (χ1) is 13.9. The van der Waals surface area contributed by atoms with Crippen LogP contribution in [0.5, 0.6) is 0 Å². The second-order valence-electron chi connectivity index (χ2n) is 6.97. The quantitative estimate of drug-likeness (QED) is 0.528. The molecule has 1 aliphatic rings. The third-order valence-electron chi connectivity index (χ3n) is 4.72. The molecular formula is C21H21Cl2N3O2S. The smallest absolute Gasteiger partial charge is 0.257 e. The topological polar surface area (TPSA) is 70.2 Å². The molecule has 0 saturated heterocycles. The van der Waals surface area contributed by atoms with Crippen LogP contribution >= 0.6 is 35.4 Å². The summed E-state index contributed by atoms with van der Waals surface area (Å²) in [5.41, 5.74) is 1.64. The van der Waals surface area contributed by atoms with Gasteiger partial charge in [-0.25, -0.2) is 0 Å². The molecule has 1 saturated carbocycles. The van der Waals surface area contributed by atoms with Crippen LogP contribution in [0.4, 0.5) is 11.4 Å². The number of nitrogens with one attached hydrogen (secondary N) is 3. The Hall–Kier alpha value is -2.15. The van der Waals surface area contributed by atoms with Crippen molar-refractivity contribution in [2.45, 2.75) is 32.1 Å². The number of amides is 2. The molecule has 3 N–H and O–H groups in total. The SMILES string of the molecule is O=C(NC(=S)Nc1cccc(NC(=O)C2CCCCC2)c1)c1cc(Cl)cc(Cl)c1. The highest BCUT2D eigenvalue weighted by Gasteiger charge is 2.21. The predicted octanol–water partition coefficient (Wildman–Crippen LogP) is 5.64. The van der Waals surface area contributed by atoms with E-state index in [-0.39, 0.29) is 16.9 Å². The van der Waals surface area contributed by atoms with Gasteiger partial charge in [-0.15, -0.1) is 0 Å². The van der Waals surface area contributed by atoms with Crippen molar-refractivity contribution in [1.29, 1.82) is 0 Å². The number of hydrogen-bond acceptors (Lipinski definition) is 3. The highest BCUT2D eigenvalue weighted by molar-refractivity contribution is 7.80. The zero-order valence-electron chi connectivity index (χ0n) is 15.6. The van der Waals surface area contributed by atoms with Gasteiger partial charge in [-0.3, -0.25) is 14.9 Å². The summed E-state index contributed by atoms with van der Waals surface area (Å²) in [7, 11) is 0. The van der Waals surface area contributed by atoms with E-state index >= 15 is 0 Å². The molecule has 0 radical (unpaired) electrons. The standard InChI is InChI=1S/C21H21Cl2N3O2S/c22-15-9-14(10-16(23)11-15)20(28)26-21(29)25-18-8-4-7-17(12-18)24-19(27)13-5-2-1-3-6-13/h4,7-13H,1-3,5-6H2,(H,24,27)(H2,25,26,28,29). The zero-order valence-corrected chi connectivity index (χ0v) is 18.0. The molecule has 0 spiro atoms. The molecule has 2 amide bonds. The summed E-state index contributed by atoms with van der Waals surface area (Å²) in [5, 5.41) is 9.35. The van der Waals surface area contributed by atoms with E-state index in [2.05, 4.69) is 16.0 Å². The van der Waals surface area contributed by atoms with Gasteiger partial charge in [0.25, 0.3) is 5.91 Å². The Morgan fingerprint density at radius 3 is 2.17 bits per heavy atom. The third-order valence-corrected chi connectivity index (χ3v) is 5.36. The van der Waals surface area contributed by atoms with Crippen LogP contribution in [0.3, 0.4) is 0 Å². The lowest BCUT2D eigenvalue weighted by Gasteiger charge is -2.21. The lowest BCUT2D eigenvalue weighted by molar-refractivity contribution is -0.120. The molecule has 0 unspecified atom stereocenters.